The fourth-order valence-electron chi connectivity index (χ4n) is 4.27. The van der Waals surface area contributed by atoms with Crippen molar-refractivity contribution in [3.63, 3.8) is 0 Å². The fourth-order valence-corrected chi connectivity index (χ4v) is 4.27. The molecule has 2 aliphatic rings. The molecule has 0 unspecified atom stereocenters. The number of nitrogens with zero attached hydrogens (tertiary/aromatic N) is 3. The highest BCUT2D eigenvalue weighted by Gasteiger charge is 2.40. The number of pyridine rings is 1. The minimum Gasteiger partial charge on any atom is -0.387 e. The summed E-state index contributed by atoms with van der Waals surface area (Å²) in [5.41, 5.74) is 1.95. The highest BCUT2D eigenvalue weighted by Crippen LogP contribution is 2.37. The first-order valence-corrected chi connectivity index (χ1v) is 11.1. The number of carbonyl (C=O) groups is 2. The van der Waals surface area contributed by atoms with Crippen molar-refractivity contribution < 1.29 is 19.4 Å². The number of morpholine rings is 1. The second-order valence-electron chi connectivity index (χ2n) is 8.23. The third kappa shape index (κ3) is 4.89. The Morgan fingerprint density at radius 2 is 2.29 bits per heavy atom. The lowest BCUT2D eigenvalue weighted by Gasteiger charge is -2.34. The first-order chi connectivity index (χ1) is 15.1. The van der Waals surface area contributed by atoms with E-state index in [0.717, 1.165) is 36.0 Å². The number of hydrogen-bond donors (Lipinski definition) is 3. The van der Waals surface area contributed by atoms with Crippen LogP contribution in [0.3, 0.4) is 0 Å². The van der Waals surface area contributed by atoms with Gasteiger partial charge in [0.25, 0.3) is 5.91 Å². The Hall–Kier alpha value is -2.49. The summed E-state index contributed by atoms with van der Waals surface area (Å²) in [6.45, 7) is 4.63. The molecule has 2 aromatic rings. The van der Waals surface area contributed by atoms with Crippen LogP contribution in [0.15, 0.2) is 24.5 Å². The Kier molecular flexibility index (Phi) is 6.84. The Morgan fingerprint density at radius 3 is 3.00 bits per heavy atom. The van der Waals surface area contributed by atoms with Crippen molar-refractivity contribution in [1.82, 2.24) is 25.1 Å². The summed E-state index contributed by atoms with van der Waals surface area (Å²) in [5.74, 6) is -0.318. The Labute approximate surface area is 181 Å². The molecule has 3 N–H and O–H groups in total. The molecule has 4 rings (SSSR count). The van der Waals surface area contributed by atoms with Crippen molar-refractivity contribution in [2.45, 2.75) is 50.9 Å². The topological polar surface area (TPSA) is 109 Å². The number of aliphatic hydroxyl groups excluding tert-OH is 1. The predicted octanol–water partition coefficient (Wildman–Crippen LogP) is 0.575. The molecule has 0 aromatic carbocycles. The molecule has 31 heavy (non-hydrogen) atoms. The number of hydrogen-bond acceptors (Lipinski definition) is 6. The van der Waals surface area contributed by atoms with Gasteiger partial charge in [-0.1, -0.05) is 0 Å². The van der Waals surface area contributed by atoms with E-state index in [1.807, 2.05) is 17.0 Å². The molecular formula is C22H31N5O4. The number of rotatable bonds is 9. The maximum absolute atomic E-state index is 13.3. The van der Waals surface area contributed by atoms with E-state index in [0.29, 0.717) is 32.7 Å². The van der Waals surface area contributed by atoms with Gasteiger partial charge in [0.15, 0.2) is 0 Å². The lowest BCUT2D eigenvalue weighted by molar-refractivity contribution is -0.148. The smallest absolute Gasteiger partial charge is 0.253 e. The van der Waals surface area contributed by atoms with Crippen molar-refractivity contribution in [3.8, 4) is 0 Å². The van der Waals surface area contributed by atoms with Gasteiger partial charge < -0.3 is 29.9 Å². The van der Waals surface area contributed by atoms with Crippen molar-refractivity contribution in [3.05, 3.63) is 30.1 Å². The number of aryl methyl sites for hydroxylation is 1. The van der Waals surface area contributed by atoms with Gasteiger partial charge in [-0.25, -0.2) is 4.98 Å². The van der Waals surface area contributed by atoms with E-state index in [1.54, 1.807) is 6.20 Å². The monoisotopic (exact) mass is 429 g/mol. The maximum Gasteiger partial charge on any atom is 0.253 e. The molecule has 1 saturated carbocycles. The molecule has 2 atom stereocenters. The van der Waals surface area contributed by atoms with E-state index in [1.165, 1.54) is 0 Å². The van der Waals surface area contributed by atoms with Crippen LogP contribution in [0.1, 0.15) is 37.8 Å². The van der Waals surface area contributed by atoms with Gasteiger partial charge in [0.05, 0.1) is 12.6 Å². The van der Waals surface area contributed by atoms with Crippen LogP contribution < -0.4 is 10.6 Å². The molecule has 1 aliphatic carbocycles. The van der Waals surface area contributed by atoms with Crippen molar-refractivity contribution in [1.29, 1.82) is 0 Å². The van der Waals surface area contributed by atoms with Gasteiger partial charge in [0.2, 0.25) is 5.91 Å². The third-order valence-electron chi connectivity index (χ3n) is 5.97. The number of fused-ring (bicyclic) bond motifs is 1. The summed E-state index contributed by atoms with van der Waals surface area (Å²) in [6, 6.07) is 4.14. The van der Waals surface area contributed by atoms with Crippen molar-refractivity contribution in [2.24, 2.45) is 0 Å². The highest BCUT2D eigenvalue weighted by molar-refractivity contribution is 5.85. The van der Waals surface area contributed by atoms with Crippen LogP contribution >= 0.6 is 0 Å². The van der Waals surface area contributed by atoms with E-state index in [4.69, 9.17) is 9.84 Å². The third-order valence-corrected chi connectivity index (χ3v) is 5.97. The average molecular weight is 430 g/mol. The van der Waals surface area contributed by atoms with Gasteiger partial charge in [-0.3, -0.25) is 9.59 Å². The summed E-state index contributed by atoms with van der Waals surface area (Å²) < 4.78 is 7.83. The number of aliphatic hydroxyl groups is 1. The van der Waals surface area contributed by atoms with Gasteiger partial charge in [0, 0.05) is 55.6 Å². The lowest BCUT2D eigenvalue weighted by Crippen LogP contribution is -2.50. The minimum absolute atomic E-state index is 0.0544. The van der Waals surface area contributed by atoms with E-state index >= 15 is 0 Å². The van der Waals surface area contributed by atoms with Crippen molar-refractivity contribution in [2.75, 3.05) is 32.8 Å². The van der Waals surface area contributed by atoms with Gasteiger partial charge in [-0.2, -0.15) is 0 Å². The Morgan fingerprint density at radius 1 is 1.45 bits per heavy atom. The van der Waals surface area contributed by atoms with Gasteiger partial charge in [-0.05, 0) is 38.3 Å². The molecule has 168 valence electrons. The summed E-state index contributed by atoms with van der Waals surface area (Å²) in [6.07, 6.45) is 6.19. The molecule has 2 fully saturated rings. The van der Waals surface area contributed by atoms with Crippen molar-refractivity contribution >= 4 is 22.8 Å². The van der Waals surface area contributed by atoms with Crippen LogP contribution in [0.5, 0.6) is 0 Å². The standard InChI is InChI=1S/C22H31N5O4/c1-15(27(16-5-6-16)22(30)19-12-23-9-11-31-19)18-13-26(10-3-8-24-20(29)14-28)21-17(18)4-2-7-25-21/h2,4,7,13,15-16,19,23,28H,3,5-6,8-12,14H2,1H3,(H,24,29)/t15-,19+/m0/s1. The van der Waals surface area contributed by atoms with E-state index in [-0.39, 0.29) is 23.9 Å². The zero-order valence-corrected chi connectivity index (χ0v) is 17.9. The average Bonchev–Trinajstić information content (AvgIpc) is 3.57. The number of aromatic nitrogens is 2. The molecule has 9 nitrogen and oxygen atoms in total. The summed E-state index contributed by atoms with van der Waals surface area (Å²) in [7, 11) is 0. The molecule has 3 heterocycles. The number of amides is 2. The molecule has 1 saturated heterocycles. The minimum atomic E-state index is -0.499. The second-order valence-corrected chi connectivity index (χ2v) is 8.23. The zero-order chi connectivity index (χ0) is 21.8. The molecule has 9 heteroatoms. The first kappa shape index (κ1) is 21.7. The van der Waals surface area contributed by atoms with Crippen LogP contribution in [-0.2, 0) is 20.9 Å². The van der Waals surface area contributed by atoms with Crippen LogP contribution in [0.4, 0.5) is 0 Å². The first-order valence-electron chi connectivity index (χ1n) is 11.1. The molecule has 2 aromatic heterocycles. The van der Waals surface area contributed by atoms with Crippen LogP contribution in [0, 0.1) is 0 Å². The molecule has 0 radical (unpaired) electrons. The Bertz CT molecular complexity index is 920. The van der Waals surface area contributed by atoms with E-state index in [2.05, 4.69) is 33.3 Å². The zero-order valence-electron chi connectivity index (χ0n) is 17.9. The van der Waals surface area contributed by atoms with Crippen LogP contribution in [0.25, 0.3) is 11.0 Å². The summed E-state index contributed by atoms with van der Waals surface area (Å²) >= 11 is 0. The largest absolute Gasteiger partial charge is 0.387 e. The molecule has 1 aliphatic heterocycles. The number of nitrogens with one attached hydrogen (secondary N) is 2. The molecule has 0 spiro atoms. The summed E-state index contributed by atoms with van der Waals surface area (Å²) in [5, 5.41) is 15.8. The number of carbonyl (C=O) groups excluding carboxylic acids is 2. The molecular weight excluding hydrogens is 398 g/mol. The van der Waals surface area contributed by atoms with E-state index in [9.17, 15) is 9.59 Å². The molecule has 2 amide bonds. The number of ether oxygens (including phenoxy) is 1. The second kappa shape index (κ2) is 9.76. The van der Waals surface area contributed by atoms with Gasteiger partial charge in [-0.15, -0.1) is 0 Å². The Balaban J connectivity index is 1.54. The normalized spacial score (nSPS) is 19.9. The SMILES string of the molecule is C[C@@H](c1cn(CCCNC(=O)CO)c2ncccc12)N(C(=O)[C@H]1CNCCO1)C1CC1. The predicted molar refractivity (Wildman–Crippen MR) is 115 cm³/mol. The van der Waals surface area contributed by atoms with E-state index < -0.39 is 12.7 Å². The highest BCUT2D eigenvalue weighted by atomic mass is 16.5. The molecule has 0 bridgehead atoms. The van der Waals surface area contributed by atoms with Crippen LogP contribution in [-0.4, -0.2) is 76.4 Å². The lowest BCUT2D eigenvalue weighted by atomic mass is 10.1. The summed E-state index contributed by atoms with van der Waals surface area (Å²) in [4.78, 5) is 31.1. The quantitative estimate of drug-likeness (QED) is 0.503. The van der Waals surface area contributed by atoms with Crippen LogP contribution in [0.2, 0.25) is 0 Å². The fraction of sp³-hybridized carbons (Fsp3) is 0.591. The van der Waals surface area contributed by atoms with Gasteiger partial charge in [0.1, 0.15) is 18.4 Å². The van der Waals surface area contributed by atoms with Gasteiger partial charge >= 0.3 is 0 Å². The maximum atomic E-state index is 13.3.